The third kappa shape index (κ3) is 2.33. The van der Waals surface area contributed by atoms with Crippen LogP contribution in [-0.2, 0) is 9.59 Å². The van der Waals surface area contributed by atoms with Crippen molar-refractivity contribution in [3.8, 4) is 11.6 Å². The van der Waals surface area contributed by atoms with Crippen LogP contribution >= 0.6 is 0 Å². The smallest absolute Gasteiger partial charge is 0.345 e. The van der Waals surface area contributed by atoms with Crippen LogP contribution in [0, 0.1) is 0 Å². The topological polar surface area (TPSA) is 85.7 Å². The van der Waals surface area contributed by atoms with Crippen LogP contribution in [-0.4, -0.2) is 27.6 Å². The average Bonchev–Trinajstić information content (AvgIpc) is 2.30. The highest BCUT2D eigenvalue weighted by Gasteiger charge is 2.42. The number of aliphatic hydroxyl groups is 1. The molecule has 0 aliphatic carbocycles. The maximum atomic E-state index is 11.9. The van der Waals surface area contributed by atoms with E-state index in [4.69, 9.17) is 9.47 Å². The van der Waals surface area contributed by atoms with E-state index < -0.39 is 24.0 Å². The highest BCUT2D eigenvalue weighted by molar-refractivity contribution is 5.89. The van der Waals surface area contributed by atoms with E-state index in [1.807, 2.05) is 0 Å². The van der Waals surface area contributed by atoms with Crippen LogP contribution in [0.3, 0.4) is 0 Å². The van der Waals surface area contributed by atoms with E-state index in [0.29, 0.717) is 6.42 Å². The quantitative estimate of drug-likeness (QED) is 0.783. The van der Waals surface area contributed by atoms with Crippen LogP contribution in [0.1, 0.15) is 26.2 Å². The number of esters is 2. The molecule has 6 heteroatoms. The van der Waals surface area contributed by atoms with Gasteiger partial charge in [-0.3, -0.25) is 4.79 Å². The largest absolute Gasteiger partial charge is 0.421 e. The molecule has 1 aromatic rings. The molecule has 96 valence electrons. The number of hydrogen-bond donors (Lipinski definition) is 1. The molecule has 1 unspecified atom stereocenters. The Labute approximate surface area is 104 Å². The number of carbonyl (C=O) groups is 2. The summed E-state index contributed by atoms with van der Waals surface area (Å²) in [6.07, 6.45) is 1.64. The summed E-state index contributed by atoms with van der Waals surface area (Å²) in [5.74, 6) is -1.59. The van der Waals surface area contributed by atoms with Gasteiger partial charge in [-0.1, -0.05) is 13.3 Å². The average molecular weight is 251 g/mol. The molecule has 2 rings (SSSR count). The molecule has 1 aliphatic rings. The number of aromatic nitrogens is 1. The molecule has 18 heavy (non-hydrogen) atoms. The van der Waals surface area contributed by atoms with Crippen molar-refractivity contribution < 1.29 is 24.2 Å². The molecule has 0 amide bonds. The van der Waals surface area contributed by atoms with Crippen molar-refractivity contribution in [2.24, 2.45) is 0 Å². The lowest BCUT2D eigenvalue weighted by molar-refractivity contribution is -0.165. The number of hydrogen-bond acceptors (Lipinski definition) is 6. The van der Waals surface area contributed by atoms with Crippen LogP contribution in [0.5, 0.6) is 11.6 Å². The summed E-state index contributed by atoms with van der Waals surface area (Å²) in [6.45, 7) is 1.79. The number of ether oxygens (including phenoxy) is 2. The Kier molecular flexibility index (Phi) is 3.29. The number of pyridine rings is 1. The molecule has 0 saturated carbocycles. The number of fused-ring (bicyclic) bond motifs is 1. The summed E-state index contributed by atoms with van der Waals surface area (Å²) in [6, 6.07) is 3.03. The summed E-state index contributed by atoms with van der Waals surface area (Å²) in [7, 11) is 0. The van der Waals surface area contributed by atoms with Gasteiger partial charge in [-0.05, 0) is 18.6 Å². The molecule has 1 aromatic heterocycles. The molecule has 0 aromatic carbocycles. The number of rotatable bonds is 2. The molecule has 0 spiro atoms. The molecular weight excluding hydrogens is 238 g/mol. The van der Waals surface area contributed by atoms with E-state index in [-0.39, 0.29) is 18.1 Å². The van der Waals surface area contributed by atoms with Crippen molar-refractivity contribution in [2.45, 2.75) is 31.8 Å². The Morgan fingerprint density at radius 2 is 2.22 bits per heavy atom. The summed E-state index contributed by atoms with van der Waals surface area (Å²) in [4.78, 5) is 27.3. The van der Waals surface area contributed by atoms with Gasteiger partial charge < -0.3 is 14.6 Å². The normalized spacial score (nSPS) is 23.4. The zero-order valence-corrected chi connectivity index (χ0v) is 9.88. The fourth-order valence-electron chi connectivity index (χ4n) is 1.79. The molecule has 0 fully saturated rings. The Balaban J connectivity index is 2.36. The fraction of sp³-hybridized carbons (Fsp3) is 0.417. The third-order valence-electron chi connectivity index (χ3n) is 2.63. The van der Waals surface area contributed by atoms with Gasteiger partial charge in [0, 0.05) is 6.20 Å². The van der Waals surface area contributed by atoms with E-state index in [9.17, 15) is 14.7 Å². The zero-order valence-electron chi connectivity index (χ0n) is 9.88. The Morgan fingerprint density at radius 3 is 2.94 bits per heavy atom. The highest BCUT2D eigenvalue weighted by atomic mass is 16.6. The molecule has 2 heterocycles. The summed E-state index contributed by atoms with van der Waals surface area (Å²) in [5, 5.41) is 10.1. The van der Waals surface area contributed by atoms with Crippen molar-refractivity contribution in [1.82, 2.24) is 4.98 Å². The third-order valence-corrected chi connectivity index (χ3v) is 2.63. The Morgan fingerprint density at radius 1 is 1.44 bits per heavy atom. The van der Waals surface area contributed by atoms with E-state index in [2.05, 4.69) is 4.98 Å². The molecule has 0 bridgehead atoms. The van der Waals surface area contributed by atoms with Crippen LogP contribution in [0.4, 0.5) is 0 Å². The summed E-state index contributed by atoms with van der Waals surface area (Å²) in [5.41, 5.74) is -1.85. The van der Waals surface area contributed by atoms with Gasteiger partial charge in [-0.25, -0.2) is 9.78 Å². The van der Waals surface area contributed by atoms with Crippen molar-refractivity contribution in [1.29, 1.82) is 0 Å². The second-order valence-corrected chi connectivity index (χ2v) is 4.13. The van der Waals surface area contributed by atoms with E-state index in [1.54, 1.807) is 13.0 Å². The molecular formula is C12H13NO5. The minimum absolute atomic E-state index is 0.0781. The van der Waals surface area contributed by atoms with E-state index in [1.165, 1.54) is 12.3 Å². The van der Waals surface area contributed by atoms with Gasteiger partial charge in [-0.15, -0.1) is 0 Å². The second-order valence-electron chi connectivity index (χ2n) is 4.13. The Bertz CT molecular complexity index is 487. The maximum Gasteiger partial charge on any atom is 0.345 e. The van der Waals surface area contributed by atoms with Crippen LogP contribution in [0.15, 0.2) is 18.3 Å². The molecule has 0 radical (unpaired) electrons. The first-order valence-corrected chi connectivity index (χ1v) is 5.65. The number of nitrogens with zero attached hydrogens (tertiary/aromatic N) is 1. The number of carbonyl (C=O) groups excluding carboxylic acids is 2. The van der Waals surface area contributed by atoms with Gasteiger partial charge in [-0.2, -0.15) is 0 Å². The fourth-order valence-corrected chi connectivity index (χ4v) is 1.79. The molecule has 1 atom stereocenters. The lowest BCUT2D eigenvalue weighted by Crippen LogP contribution is -2.45. The lowest BCUT2D eigenvalue weighted by Gasteiger charge is -2.26. The first-order valence-electron chi connectivity index (χ1n) is 5.65. The van der Waals surface area contributed by atoms with Crippen molar-refractivity contribution in [2.75, 3.05) is 0 Å². The molecule has 1 aliphatic heterocycles. The standard InChI is InChI=1S/C12H13NO5/c1-2-5-12(16)7-9(14)17-8-4-3-6-13-10(8)18-11(12)15/h3-4,6,16H,2,5,7H2,1H3. The monoisotopic (exact) mass is 251 g/mol. The van der Waals surface area contributed by atoms with Gasteiger partial charge in [0.2, 0.25) is 0 Å². The minimum Gasteiger partial charge on any atom is -0.421 e. The molecule has 1 N–H and O–H groups in total. The summed E-state index contributed by atoms with van der Waals surface area (Å²) < 4.78 is 9.96. The van der Waals surface area contributed by atoms with Gasteiger partial charge in [0.05, 0.1) is 6.42 Å². The predicted molar refractivity (Wildman–Crippen MR) is 60.0 cm³/mol. The minimum atomic E-state index is -1.85. The first kappa shape index (κ1) is 12.5. The van der Waals surface area contributed by atoms with Gasteiger partial charge in [0.15, 0.2) is 11.4 Å². The highest BCUT2D eigenvalue weighted by Crippen LogP contribution is 2.30. The maximum absolute atomic E-state index is 11.9. The van der Waals surface area contributed by atoms with Crippen molar-refractivity contribution >= 4 is 11.9 Å². The van der Waals surface area contributed by atoms with Gasteiger partial charge >= 0.3 is 11.9 Å². The van der Waals surface area contributed by atoms with E-state index >= 15 is 0 Å². The van der Waals surface area contributed by atoms with Gasteiger partial charge in [0.25, 0.3) is 5.88 Å². The molecule has 0 saturated heterocycles. The van der Waals surface area contributed by atoms with Crippen LogP contribution in [0.2, 0.25) is 0 Å². The van der Waals surface area contributed by atoms with E-state index in [0.717, 1.165) is 0 Å². The zero-order chi connectivity index (χ0) is 13.2. The summed E-state index contributed by atoms with van der Waals surface area (Å²) >= 11 is 0. The van der Waals surface area contributed by atoms with Gasteiger partial charge in [0.1, 0.15) is 0 Å². The lowest BCUT2D eigenvalue weighted by atomic mass is 9.94. The van der Waals surface area contributed by atoms with Crippen molar-refractivity contribution in [3.63, 3.8) is 0 Å². The van der Waals surface area contributed by atoms with Crippen LogP contribution < -0.4 is 9.47 Å². The SMILES string of the molecule is CCCC1(O)CC(=O)Oc2cccnc2OC1=O. The van der Waals surface area contributed by atoms with Crippen molar-refractivity contribution in [3.05, 3.63) is 18.3 Å². The second kappa shape index (κ2) is 4.73. The first-order chi connectivity index (χ1) is 8.55. The Hall–Kier alpha value is -1.95. The van der Waals surface area contributed by atoms with Crippen LogP contribution in [0.25, 0.3) is 0 Å². The molecule has 6 nitrogen and oxygen atoms in total. The predicted octanol–water partition coefficient (Wildman–Crippen LogP) is 0.827.